The lowest BCUT2D eigenvalue weighted by Crippen LogP contribution is -2.32. The number of halogens is 1. The standard InChI is InChI=1S/C13H18ClNO2/c1-3-15(8-4-7-14)13(17)11-9-10(2)5-6-12(11)16/h5-6,9,16H,3-4,7-8H2,1-2H3. The molecule has 1 amide bonds. The van der Waals surface area contributed by atoms with Crippen molar-refractivity contribution < 1.29 is 9.90 Å². The summed E-state index contributed by atoms with van der Waals surface area (Å²) in [5, 5.41) is 9.70. The average Bonchev–Trinajstić information content (AvgIpc) is 2.33. The number of benzene rings is 1. The van der Waals surface area contributed by atoms with Gasteiger partial charge in [-0.1, -0.05) is 11.6 Å². The van der Waals surface area contributed by atoms with Crippen LogP contribution in [0.4, 0.5) is 0 Å². The van der Waals surface area contributed by atoms with Crippen LogP contribution < -0.4 is 0 Å². The number of aromatic hydroxyl groups is 1. The molecule has 0 aliphatic carbocycles. The molecule has 94 valence electrons. The Morgan fingerprint density at radius 3 is 2.76 bits per heavy atom. The first-order valence-electron chi connectivity index (χ1n) is 5.75. The van der Waals surface area contributed by atoms with Crippen molar-refractivity contribution in [3.63, 3.8) is 0 Å². The first kappa shape index (κ1) is 13.8. The van der Waals surface area contributed by atoms with Gasteiger partial charge in [0.2, 0.25) is 0 Å². The normalized spacial score (nSPS) is 10.3. The van der Waals surface area contributed by atoms with Crippen LogP contribution in [-0.4, -0.2) is 34.9 Å². The van der Waals surface area contributed by atoms with E-state index >= 15 is 0 Å². The lowest BCUT2D eigenvalue weighted by Gasteiger charge is -2.21. The number of nitrogens with zero attached hydrogens (tertiary/aromatic N) is 1. The van der Waals surface area contributed by atoms with E-state index in [1.807, 2.05) is 13.8 Å². The summed E-state index contributed by atoms with van der Waals surface area (Å²) >= 11 is 5.62. The zero-order chi connectivity index (χ0) is 12.8. The molecule has 0 aliphatic rings. The summed E-state index contributed by atoms with van der Waals surface area (Å²) in [4.78, 5) is 13.9. The fraction of sp³-hybridized carbons (Fsp3) is 0.462. The number of hydrogen-bond donors (Lipinski definition) is 1. The Balaban J connectivity index is 2.89. The number of rotatable bonds is 5. The molecule has 0 unspecified atom stereocenters. The van der Waals surface area contributed by atoms with Crippen LogP contribution in [0, 0.1) is 6.92 Å². The zero-order valence-electron chi connectivity index (χ0n) is 10.2. The molecule has 1 aromatic carbocycles. The Hall–Kier alpha value is -1.22. The maximum Gasteiger partial charge on any atom is 0.257 e. The Labute approximate surface area is 107 Å². The molecule has 0 saturated carbocycles. The third-order valence-corrected chi connectivity index (χ3v) is 2.88. The number of carbonyl (C=O) groups excluding carboxylic acids is 1. The van der Waals surface area contributed by atoms with Crippen molar-refractivity contribution >= 4 is 17.5 Å². The summed E-state index contributed by atoms with van der Waals surface area (Å²) in [7, 11) is 0. The van der Waals surface area contributed by atoms with Crippen molar-refractivity contribution in [2.24, 2.45) is 0 Å². The van der Waals surface area contributed by atoms with Gasteiger partial charge in [-0.2, -0.15) is 0 Å². The molecule has 4 heteroatoms. The van der Waals surface area contributed by atoms with Crippen LogP contribution in [0.5, 0.6) is 5.75 Å². The molecule has 17 heavy (non-hydrogen) atoms. The van der Waals surface area contributed by atoms with Gasteiger partial charge in [-0.25, -0.2) is 0 Å². The molecule has 0 aromatic heterocycles. The SMILES string of the molecule is CCN(CCCCl)C(=O)c1cc(C)ccc1O. The molecule has 0 radical (unpaired) electrons. The largest absolute Gasteiger partial charge is 0.507 e. The van der Waals surface area contributed by atoms with Crippen molar-refractivity contribution in [3.05, 3.63) is 29.3 Å². The minimum absolute atomic E-state index is 0.0323. The Kier molecular flexibility index (Phi) is 5.29. The van der Waals surface area contributed by atoms with E-state index in [0.29, 0.717) is 24.5 Å². The fourth-order valence-corrected chi connectivity index (χ4v) is 1.76. The van der Waals surface area contributed by atoms with Crippen molar-refractivity contribution in [2.45, 2.75) is 20.3 Å². The number of hydrogen-bond acceptors (Lipinski definition) is 2. The van der Waals surface area contributed by atoms with Crippen molar-refractivity contribution in [2.75, 3.05) is 19.0 Å². The second kappa shape index (κ2) is 6.50. The van der Waals surface area contributed by atoms with E-state index in [2.05, 4.69) is 0 Å². The topological polar surface area (TPSA) is 40.5 Å². The zero-order valence-corrected chi connectivity index (χ0v) is 11.0. The van der Waals surface area contributed by atoms with Crippen molar-refractivity contribution in [1.29, 1.82) is 0 Å². The van der Waals surface area contributed by atoms with E-state index in [9.17, 15) is 9.90 Å². The minimum Gasteiger partial charge on any atom is -0.507 e. The molecule has 0 spiro atoms. The molecule has 0 aliphatic heterocycles. The van der Waals surface area contributed by atoms with Gasteiger partial charge < -0.3 is 10.0 Å². The summed E-state index contributed by atoms with van der Waals surface area (Å²) in [6, 6.07) is 5.04. The monoisotopic (exact) mass is 255 g/mol. The van der Waals surface area contributed by atoms with E-state index in [-0.39, 0.29) is 11.7 Å². The first-order chi connectivity index (χ1) is 8.10. The first-order valence-corrected chi connectivity index (χ1v) is 6.28. The maximum atomic E-state index is 12.2. The third-order valence-electron chi connectivity index (χ3n) is 2.61. The van der Waals surface area contributed by atoms with Crippen LogP contribution in [0.1, 0.15) is 29.3 Å². The van der Waals surface area contributed by atoms with Crippen LogP contribution in [0.3, 0.4) is 0 Å². The Bertz CT molecular complexity index is 393. The summed E-state index contributed by atoms with van der Waals surface area (Å²) in [5.41, 5.74) is 1.32. The van der Waals surface area contributed by atoms with Gasteiger partial charge in [-0.05, 0) is 32.4 Å². The number of aryl methyl sites for hydroxylation is 1. The molecule has 0 fully saturated rings. The number of amides is 1. The van der Waals surface area contributed by atoms with Gasteiger partial charge in [0.25, 0.3) is 5.91 Å². The number of carbonyl (C=O) groups is 1. The molecule has 0 heterocycles. The van der Waals surface area contributed by atoms with Gasteiger partial charge in [0.1, 0.15) is 5.75 Å². The lowest BCUT2D eigenvalue weighted by atomic mass is 10.1. The highest BCUT2D eigenvalue weighted by Crippen LogP contribution is 2.20. The molecule has 0 bridgehead atoms. The highest BCUT2D eigenvalue weighted by molar-refractivity contribution is 6.17. The summed E-state index contributed by atoms with van der Waals surface area (Å²) in [6.07, 6.45) is 0.758. The van der Waals surface area contributed by atoms with Crippen molar-refractivity contribution in [1.82, 2.24) is 4.90 Å². The molecule has 3 nitrogen and oxygen atoms in total. The van der Waals surface area contributed by atoms with E-state index in [0.717, 1.165) is 12.0 Å². The molecule has 1 aromatic rings. The average molecular weight is 256 g/mol. The van der Waals surface area contributed by atoms with E-state index in [1.165, 1.54) is 0 Å². The van der Waals surface area contributed by atoms with Crippen LogP contribution in [-0.2, 0) is 0 Å². The molecule has 0 saturated heterocycles. The van der Waals surface area contributed by atoms with Gasteiger partial charge in [0.05, 0.1) is 5.56 Å². The number of alkyl halides is 1. The number of phenolic OH excluding ortho intramolecular Hbond substituents is 1. The van der Waals surface area contributed by atoms with Gasteiger partial charge in [-0.15, -0.1) is 11.6 Å². The van der Waals surface area contributed by atoms with Crippen LogP contribution in [0.25, 0.3) is 0 Å². The second-order valence-corrected chi connectivity index (χ2v) is 4.33. The Morgan fingerprint density at radius 2 is 2.18 bits per heavy atom. The molecular formula is C13H18ClNO2. The minimum atomic E-state index is -0.140. The smallest absolute Gasteiger partial charge is 0.257 e. The van der Waals surface area contributed by atoms with E-state index in [1.54, 1.807) is 23.1 Å². The summed E-state index contributed by atoms with van der Waals surface area (Å²) in [5.74, 6) is 0.424. The Morgan fingerprint density at radius 1 is 1.47 bits per heavy atom. The summed E-state index contributed by atoms with van der Waals surface area (Å²) < 4.78 is 0. The lowest BCUT2D eigenvalue weighted by molar-refractivity contribution is 0.0761. The van der Waals surface area contributed by atoms with Gasteiger partial charge >= 0.3 is 0 Å². The van der Waals surface area contributed by atoms with Gasteiger partial charge in [0, 0.05) is 19.0 Å². The van der Waals surface area contributed by atoms with Crippen LogP contribution in [0.2, 0.25) is 0 Å². The maximum absolute atomic E-state index is 12.2. The van der Waals surface area contributed by atoms with E-state index in [4.69, 9.17) is 11.6 Å². The predicted octanol–water partition coefficient (Wildman–Crippen LogP) is 2.79. The number of phenols is 1. The second-order valence-electron chi connectivity index (χ2n) is 3.95. The fourth-order valence-electron chi connectivity index (χ4n) is 1.65. The molecule has 0 atom stereocenters. The predicted molar refractivity (Wildman–Crippen MR) is 69.8 cm³/mol. The third kappa shape index (κ3) is 3.63. The van der Waals surface area contributed by atoms with Gasteiger partial charge in [0.15, 0.2) is 0 Å². The van der Waals surface area contributed by atoms with Crippen LogP contribution >= 0.6 is 11.6 Å². The highest BCUT2D eigenvalue weighted by atomic mass is 35.5. The van der Waals surface area contributed by atoms with E-state index < -0.39 is 0 Å². The summed E-state index contributed by atoms with van der Waals surface area (Å²) in [6.45, 7) is 5.04. The molecular weight excluding hydrogens is 238 g/mol. The quantitative estimate of drug-likeness (QED) is 0.822. The van der Waals surface area contributed by atoms with Crippen LogP contribution in [0.15, 0.2) is 18.2 Å². The van der Waals surface area contributed by atoms with Gasteiger partial charge in [-0.3, -0.25) is 4.79 Å². The molecule has 1 N–H and O–H groups in total. The highest BCUT2D eigenvalue weighted by Gasteiger charge is 2.17. The molecule has 1 rings (SSSR count). The van der Waals surface area contributed by atoms with Crippen molar-refractivity contribution in [3.8, 4) is 5.75 Å².